The van der Waals surface area contributed by atoms with Gasteiger partial charge >= 0.3 is 0 Å². The van der Waals surface area contributed by atoms with Crippen LogP contribution in [-0.4, -0.2) is 23.7 Å². The van der Waals surface area contributed by atoms with E-state index in [4.69, 9.17) is 0 Å². The highest BCUT2D eigenvalue weighted by atomic mass is 16.3. The Morgan fingerprint density at radius 1 is 1.29 bits per heavy atom. The summed E-state index contributed by atoms with van der Waals surface area (Å²) in [4.78, 5) is 6.69. The molecule has 17 heavy (non-hydrogen) atoms. The van der Waals surface area contributed by atoms with E-state index in [1.807, 2.05) is 27.0 Å². The summed E-state index contributed by atoms with van der Waals surface area (Å²) in [5.74, 6) is 0.903. The van der Waals surface area contributed by atoms with Crippen molar-refractivity contribution in [3.8, 4) is 0 Å². The van der Waals surface area contributed by atoms with E-state index in [1.165, 1.54) is 0 Å². The molecule has 1 N–H and O–H groups in total. The van der Waals surface area contributed by atoms with Crippen LogP contribution in [-0.2, 0) is 6.61 Å². The van der Waals surface area contributed by atoms with Crippen LogP contribution in [0.15, 0.2) is 6.07 Å². The van der Waals surface area contributed by atoms with E-state index in [0.717, 1.165) is 29.2 Å². The predicted molar refractivity (Wildman–Crippen MR) is 72.4 cm³/mol. The van der Waals surface area contributed by atoms with Crippen LogP contribution in [0.4, 0.5) is 5.82 Å². The second-order valence-corrected chi connectivity index (χ2v) is 5.96. The van der Waals surface area contributed by atoms with Crippen molar-refractivity contribution >= 4 is 5.82 Å². The van der Waals surface area contributed by atoms with E-state index in [1.54, 1.807) is 0 Å². The number of rotatable bonds is 3. The van der Waals surface area contributed by atoms with Gasteiger partial charge in [0.05, 0.1) is 6.61 Å². The summed E-state index contributed by atoms with van der Waals surface area (Å²) in [6, 6.07) is 2.01. The van der Waals surface area contributed by atoms with E-state index in [0.29, 0.717) is 0 Å². The van der Waals surface area contributed by atoms with Gasteiger partial charge in [-0.15, -0.1) is 0 Å². The summed E-state index contributed by atoms with van der Waals surface area (Å²) >= 11 is 0. The Kier molecular flexibility index (Phi) is 4.15. The summed E-state index contributed by atoms with van der Waals surface area (Å²) < 4.78 is 0. The Labute approximate surface area is 104 Å². The Bertz CT molecular complexity index is 394. The third-order valence-corrected chi connectivity index (χ3v) is 2.68. The van der Waals surface area contributed by atoms with Gasteiger partial charge in [-0.1, -0.05) is 20.8 Å². The number of anilines is 1. The number of aliphatic hydroxyl groups is 1. The fourth-order valence-corrected chi connectivity index (χ4v) is 2.14. The lowest BCUT2D eigenvalue weighted by Crippen LogP contribution is -2.30. The normalized spacial score (nSPS) is 11.7. The molecule has 1 heterocycles. The van der Waals surface area contributed by atoms with Gasteiger partial charge in [0.15, 0.2) is 0 Å². The minimum atomic E-state index is 0.0446. The molecule has 0 saturated carbocycles. The molecule has 0 aliphatic carbocycles. The molecule has 0 radical (unpaired) electrons. The molecule has 0 unspecified atom stereocenters. The molecule has 3 heteroatoms. The Morgan fingerprint density at radius 3 is 2.35 bits per heavy atom. The first-order valence-electron chi connectivity index (χ1n) is 6.03. The van der Waals surface area contributed by atoms with Crippen molar-refractivity contribution in [3.63, 3.8) is 0 Å². The van der Waals surface area contributed by atoms with Gasteiger partial charge in [-0.05, 0) is 30.9 Å². The van der Waals surface area contributed by atoms with Crippen molar-refractivity contribution < 1.29 is 5.11 Å². The predicted octanol–water partition coefficient (Wildman–Crippen LogP) is 2.67. The fraction of sp³-hybridized carbons (Fsp3) is 0.643. The Hall–Kier alpha value is -1.09. The second kappa shape index (κ2) is 5.05. The molecule has 3 nitrogen and oxygen atoms in total. The Morgan fingerprint density at radius 2 is 1.88 bits per heavy atom. The molecule has 0 spiro atoms. The number of aryl methyl sites for hydroxylation is 2. The minimum Gasteiger partial charge on any atom is -0.392 e. The lowest BCUT2D eigenvalue weighted by Gasteiger charge is -2.29. The van der Waals surface area contributed by atoms with Gasteiger partial charge < -0.3 is 10.0 Å². The van der Waals surface area contributed by atoms with E-state index in [2.05, 4.69) is 30.7 Å². The summed E-state index contributed by atoms with van der Waals surface area (Å²) in [6.07, 6.45) is 0. The van der Waals surface area contributed by atoms with Gasteiger partial charge in [0, 0.05) is 24.8 Å². The van der Waals surface area contributed by atoms with Crippen LogP contribution in [0.25, 0.3) is 0 Å². The molecule has 0 fully saturated rings. The highest BCUT2D eigenvalue weighted by molar-refractivity contribution is 5.50. The molecular formula is C14H24N2O. The van der Waals surface area contributed by atoms with Gasteiger partial charge in [0.1, 0.15) is 5.82 Å². The highest BCUT2D eigenvalue weighted by Gasteiger charge is 2.18. The van der Waals surface area contributed by atoms with Crippen molar-refractivity contribution in [1.82, 2.24) is 4.98 Å². The van der Waals surface area contributed by atoms with Gasteiger partial charge in [-0.3, -0.25) is 0 Å². The smallest absolute Gasteiger partial charge is 0.134 e. The molecule has 0 bridgehead atoms. The molecule has 0 saturated heterocycles. The minimum absolute atomic E-state index is 0.0446. The van der Waals surface area contributed by atoms with Gasteiger partial charge in [0.25, 0.3) is 0 Å². The average Bonchev–Trinajstić information content (AvgIpc) is 2.13. The first-order chi connectivity index (χ1) is 7.74. The van der Waals surface area contributed by atoms with Crippen LogP contribution in [0.2, 0.25) is 0 Å². The van der Waals surface area contributed by atoms with Crippen LogP contribution in [0.3, 0.4) is 0 Å². The maximum atomic E-state index is 9.47. The third kappa shape index (κ3) is 3.70. The average molecular weight is 236 g/mol. The van der Waals surface area contributed by atoms with Crippen molar-refractivity contribution in [3.05, 3.63) is 22.9 Å². The maximum absolute atomic E-state index is 9.47. The largest absolute Gasteiger partial charge is 0.392 e. The number of pyridine rings is 1. The lowest BCUT2D eigenvalue weighted by molar-refractivity contribution is 0.280. The summed E-state index contributed by atoms with van der Waals surface area (Å²) in [7, 11) is 2.03. The molecule has 0 aliphatic heterocycles. The Balaban J connectivity index is 3.11. The quantitative estimate of drug-likeness (QED) is 0.876. The van der Waals surface area contributed by atoms with Gasteiger partial charge in [0.2, 0.25) is 0 Å². The van der Waals surface area contributed by atoms with E-state index < -0.39 is 0 Å². The van der Waals surface area contributed by atoms with Gasteiger partial charge in [-0.25, -0.2) is 4.98 Å². The van der Waals surface area contributed by atoms with E-state index in [9.17, 15) is 5.11 Å². The number of aliphatic hydroxyl groups excluding tert-OH is 1. The van der Waals surface area contributed by atoms with Crippen LogP contribution < -0.4 is 4.90 Å². The van der Waals surface area contributed by atoms with Crippen LogP contribution in [0, 0.1) is 19.3 Å². The zero-order valence-corrected chi connectivity index (χ0v) is 11.8. The first kappa shape index (κ1) is 14.0. The highest BCUT2D eigenvalue weighted by Crippen LogP contribution is 2.25. The molecule has 0 aliphatic rings. The van der Waals surface area contributed by atoms with Crippen LogP contribution in [0.5, 0.6) is 0 Å². The SMILES string of the molecule is Cc1cc(C)c(CO)c(N(C)CC(C)(C)C)n1. The van der Waals surface area contributed by atoms with Crippen molar-refractivity contribution in [2.45, 2.75) is 41.2 Å². The van der Waals surface area contributed by atoms with E-state index in [-0.39, 0.29) is 12.0 Å². The maximum Gasteiger partial charge on any atom is 0.134 e. The lowest BCUT2D eigenvalue weighted by atomic mass is 9.96. The number of aromatic nitrogens is 1. The zero-order valence-electron chi connectivity index (χ0n) is 11.8. The van der Waals surface area contributed by atoms with Crippen molar-refractivity contribution in [2.75, 3.05) is 18.5 Å². The molecule has 1 aromatic heterocycles. The third-order valence-electron chi connectivity index (χ3n) is 2.68. The molecular weight excluding hydrogens is 212 g/mol. The van der Waals surface area contributed by atoms with Crippen molar-refractivity contribution in [2.24, 2.45) is 5.41 Å². The number of hydrogen-bond acceptors (Lipinski definition) is 3. The first-order valence-corrected chi connectivity index (χ1v) is 6.03. The zero-order chi connectivity index (χ0) is 13.2. The molecule has 1 rings (SSSR count). The fourth-order valence-electron chi connectivity index (χ4n) is 2.14. The van der Waals surface area contributed by atoms with Crippen molar-refractivity contribution in [1.29, 1.82) is 0 Å². The number of nitrogens with zero attached hydrogens (tertiary/aromatic N) is 2. The van der Waals surface area contributed by atoms with Crippen LogP contribution >= 0.6 is 0 Å². The van der Waals surface area contributed by atoms with Crippen LogP contribution in [0.1, 0.15) is 37.6 Å². The molecule has 1 aromatic rings. The molecule has 0 amide bonds. The number of hydrogen-bond donors (Lipinski definition) is 1. The topological polar surface area (TPSA) is 36.4 Å². The second-order valence-electron chi connectivity index (χ2n) is 5.96. The summed E-state index contributed by atoms with van der Waals surface area (Å²) in [6.45, 7) is 11.6. The molecule has 0 aromatic carbocycles. The summed E-state index contributed by atoms with van der Waals surface area (Å²) in [5.41, 5.74) is 3.24. The molecule has 0 atom stereocenters. The summed E-state index contributed by atoms with van der Waals surface area (Å²) in [5, 5.41) is 9.47. The monoisotopic (exact) mass is 236 g/mol. The molecule has 96 valence electrons. The van der Waals surface area contributed by atoms with Gasteiger partial charge in [-0.2, -0.15) is 0 Å². The standard InChI is InChI=1S/C14H24N2O/c1-10-7-11(2)15-13(12(10)8-17)16(6)9-14(3,4)5/h7,17H,8-9H2,1-6H3. The van der Waals surface area contributed by atoms with E-state index >= 15 is 0 Å².